The van der Waals surface area contributed by atoms with Gasteiger partial charge in [0.15, 0.2) is 5.82 Å². The molecule has 2 aliphatic heterocycles. The number of aryl methyl sites for hydroxylation is 1. The number of hydrogen-bond acceptors (Lipinski definition) is 5. The van der Waals surface area contributed by atoms with Crippen molar-refractivity contribution in [3.63, 3.8) is 0 Å². The smallest absolute Gasteiger partial charge is 0.297 e. The van der Waals surface area contributed by atoms with E-state index in [1.807, 2.05) is 30.3 Å². The molecule has 0 atom stereocenters. The number of aromatic amines is 1. The zero-order valence-electron chi connectivity index (χ0n) is 19.2. The van der Waals surface area contributed by atoms with Gasteiger partial charge in [0.2, 0.25) is 0 Å². The van der Waals surface area contributed by atoms with Gasteiger partial charge >= 0.3 is 0 Å². The summed E-state index contributed by atoms with van der Waals surface area (Å²) < 4.78 is 21.9. The molecule has 0 aliphatic carbocycles. The second-order valence-electron chi connectivity index (χ2n) is 9.44. The number of H-pyrrole nitrogens is 1. The number of nitrogens with one attached hydrogen (secondary N) is 1. The number of halogens is 1. The van der Waals surface area contributed by atoms with Crippen molar-refractivity contribution in [2.45, 2.75) is 44.6 Å². The highest BCUT2D eigenvalue weighted by molar-refractivity contribution is 5.99. The molecule has 0 unspecified atom stereocenters. The summed E-state index contributed by atoms with van der Waals surface area (Å²) >= 11 is 0. The fourth-order valence-electron chi connectivity index (χ4n) is 5.88. The van der Waals surface area contributed by atoms with Crippen molar-refractivity contribution in [3.8, 4) is 17.3 Å². The Kier molecular flexibility index (Phi) is 5.10. The molecule has 1 N–H and O–H groups in total. The lowest BCUT2D eigenvalue weighted by molar-refractivity contribution is 0.107. The van der Waals surface area contributed by atoms with E-state index < -0.39 is 11.4 Å². The standard InChI is InChI=1S/C27H27FN4O2/c1-2-17-7-3-8-18-9-4-10-19(21(17)18)23-22(28)24-20(15-29-23)25(33)31-26(30-24)34-16-27-11-5-13-32(27)14-6-12-27/h3-4,7-10,15H,2,5-6,11-14,16H2,1H3,(H,30,31,33). The predicted octanol–water partition coefficient (Wildman–Crippen LogP) is 4.85. The van der Waals surface area contributed by atoms with E-state index in [4.69, 9.17) is 4.74 Å². The van der Waals surface area contributed by atoms with Gasteiger partial charge in [0.25, 0.3) is 11.6 Å². The molecule has 6 nitrogen and oxygen atoms in total. The van der Waals surface area contributed by atoms with Crippen LogP contribution in [0.5, 0.6) is 6.01 Å². The quantitative estimate of drug-likeness (QED) is 0.463. The maximum absolute atomic E-state index is 15.9. The van der Waals surface area contributed by atoms with E-state index in [0.717, 1.165) is 61.5 Å². The highest BCUT2D eigenvalue weighted by atomic mass is 19.1. The van der Waals surface area contributed by atoms with E-state index in [2.05, 4.69) is 32.8 Å². The van der Waals surface area contributed by atoms with Crippen LogP contribution in [0.4, 0.5) is 4.39 Å². The lowest BCUT2D eigenvalue weighted by Gasteiger charge is -2.31. The fourth-order valence-corrected chi connectivity index (χ4v) is 5.88. The Balaban J connectivity index is 1.43. The van der Waals surface area contributed by atoms with Gasteiger partial charge in [-0.2, -0.15) is 4.98 Å². The van der Waals surface area contributed by atoms with Crippen molar-refractivity contribution < 1.29 is 9.13 Å². The number of pyridine rings is 1. The molecular formula is C27H27FN4O2. The summed E-state index contributed by atoms with van der Waals surface area (Å²) in [6, 6.07) is 11.9. The van der Waals surface area contributed by atoms with Gasteiger partial charge in [0.1, 0.15) is 17.8 Å². The van der Waals surface area contributed by atoms with E-state index in [-0.39, 0.29) is 28.1 Å². The molecular weight excluding hydrogens is 431 g/mol. The lowest BCUT2D eigenvalue weighted by atomic mass is 9.95. The van der Waals surface area contributed by atoms with Crippen LogP contribution in [-0.4, -0.2) is 45.1 Å². The molecule has 2 fully saturated rings. The maximum atomic E-state index is 15.9. The average Bonchev–Trinajstić information content (AvgIpc) is 3.43. The van der Waals surface area contributed by atoms with Crippen LogP contribution < -0.4 is 10.3 Å². The predicted molar refractivity (Wildman–Crippen MR) is 131 cm³/mol. The number of rotatable bonds is 5. The van der Waals surface area contributed by atoms with E-state index in [1.165, 1.54) is 6.20 Å². The van der Waals surface area contributed by atoms with Crippen molar-refractivity contribution in [2.75, 3.05) is 19.7 Å². The van der Waals surface area contributed by atoms with Crippen molar-refractivity contribution in [1.82, 2.24) is 19.9 Å². The van der Waals surface area contributed by atoms with Crippen molar-refractivity contribution in [1.29, 1.82) is 0 Å². The minimum Gasteiger partial charge on any atom is -0.463 e. The van der Waals surface area contributed by atoms with Gasteiger partial charge in [-0.15, -0.1) is 0 Å². The van der Waals surface area contributed by atoms with Crippen LogP contribution in [0.1, 0.15) is 38.2 Å². The second-order valence-corrected chi connectivity index (χ2v) is 9.44. The number of hydrogen-bond donors (Lipinski definition) is 1. The summed E-state index contributed by atoms with van der Waals surface area (Å²) in [7, 11) is 0. The Hall–Kier alpha value is -3.32. The summed E-state index contributed by atoms with van der Waals surface area (Å²) in [6.07, 6.45) is 6.68. The Morgan fingerprint density at radius 2 is 1.91 bits per heavy atom. The molecule has 2 saturated heterocycles. The van der Waals surface area contributed by atoms with E-state index in [1.54, 1.807) is 0 Å². The van der Waals surface area contributed by atoms with Gasteiger partial charge in [0.05, 0.1) is 10.9 Å². The second kappa shape index (κ2) is 8.17. The van der Waals surface area contributed by atoms with Crippen LogP contribution in [0.2, 0.25) is 0 Å². The molecule has 34 heavy (non-hydrogen) atoms. The van der Waals surface area contributed by atoms with Crippen LogP contribution in [-0.2, 0) is 6.42 Å². The molecule has 0 saturated carbocycles. The highest BCUT2D eigenvalue weighted by Crippen LogP contribution is 2.39. The van der Waals surface area contributed by atoms with Gasteiger partial charge in [0, 0.05) is 11.8 Å². The molecule has 0 radical (unpaired) electrons. The normalized spacial score (nSPS) is 17.5. The van der Waals surface area contributed by atoms with Gasteiger partial charge in [-0.05, 0) is 61.5 Å². The van der Waals surface area contributed by atoms with Crippen molar-refractivity contribution in [2.24, 2.45) is 0 Å². The molecule has 0 spiro atoms. The van der Waals surface area contributed by atoms with Gasteiger partial charge in [-0.25, -0.2) is 4.39 Å². The van der Waals surface area contributed by atoms with Crippen molar-refractivity contribution in [3.05, 3.63) is 64.3 Å². The molecule has 0 amide bonds. The van der Waals surface area contributed by atoms with Crippen LogP contribution in [0.3, 0.4) is 0 Å². The first-order valence-electron chi connectivity index (χ1n) is 12.1. The SMILES string of the molecule is CCc1cccc2cccc(-c3ncc4c(=O)[nH]c(OCC56CCCN5CCC6)nc4c3F)c12. The topological polar surface area (TPSA) is 71.1 Å². The largest absolute Gasteiger partial charge is 0.463 e. The van der Waals surface area contributed by atoms with Gasteiger partial charge in [-0.3, -0.25) is 19.7 Å². The Morgan fingerprint density at radius 1 is 1.15 bits per heavy atom. The minimum atomic E-state index is -0.603. The molecule has 4 heterocycles. The summed E-state index contributed by atoms with van der Waals surface area (Å²) in [5, 5.41) is 2.12. The highest BCUT2D eigenvalue weighted by Gasteiger charge is 2.45. The monoisotopic (exact) mass is 458 g/mol. The van der Waals surface area contributed by atoms with Crippen LogP contribution in [0.15, 0.2) is 47.4 Å². The number of benzene rings is 2. The average molecular weight is 459 g/mol. The molecule has 2 aromatic carbocycles. The Labute approximate surface area is 196 Å². The molecule has 7 heteroatoms. The first kappa shape index (κ1) is 21.2. The minimum absolute atomic E-state index is 0.00891. The molecule has 4 aromatic rings. The Morgan fingerprint density at radius 3 is 2.68 bits per heavy atom. The van der Waals surface area contributed by atoms with E-state index in [9.17, 15) is 4.79 Å². The zero-order chi connectivity index (χ0) is 23.3. The first-order valence-corrected chi connectivity index (χ1v) is 12.1. The van der Waals surface area contributed by atoms with Gasteiger partial charge < -0.3 is 4.74 Å². The van der Waals surface area contributed by atoms with Crippen molar-refractivity contribution >= 4 is 21.7 Å². The molecule has 174 valence electrons. The van der Waals surface area contributed by atoms with Crippen LogP contribution in [0, 0.1) is 5.82 Å². The summed E-state index contributed by atoms with van der Waals surface area (Å²) in [4.78, 5) is 26.7. The summed E-state index contributed by atoms with van der Waals surface area (Å²) in [5.74, 6) is -0.603. The zero-order valence-corrected chi connectivity index (χ0v) is 19.2. The molecule has 6 rings (SSSR count). The third kappa shape index (κ3) is 3.29. The van der Waals surface area contributed by atoms with Gasteiger partial charge in [-0.1, -0.05) is 43.3 Å². The van der Waals surface area contributed by atoms with E-state index in [0.29, 0.717) is 12.2 Å². The molecule has 2 aromatic heterocycles. The summed E-state index contributed by atoms with van der Waals surface area (Å²) in [6.45, 7) is 4.69. The lowest BCUT2D eigenvalue weighted by Crippen LogP contribution is -2.43. The van der Waals surface area contributed by atoms with Crippen LogP contribution in [0.25, 0.3) is 32.9 Å². The number of aromatic nitrogens is 3. The maximum Gasteiger partial charge on any atom is 0.297 e. The van der Waals surface area contributed by atoms with Crippen LogP contribution >= 0.6 is 0 Å². The Bertz CT molecular complexity index is 1450. The third-order valence-electron chi connectivity index (χ3n) is 7.59. The third-order valence-corrected chi connectivity index (χ3v) is 7.59. The summed E-state index contributed by atoms with van der Waals surface area (Å²) in [5.41, 5.74) is 1.56. The molecule has 0 bridgehead atoms. The fraction of sp³-hybridized carbons (Fsp3) is 0.370. The number of ether oxygens (including phenoxy) is 1. The first-order chi connectivity index (χ1) is 16.6. The number of fused-ring (bicyclic) bond motifs is 3. The number of nitrogens with zero attached hydrogens (tertiary/aromatic N) is 3. The molecule has 2 aliphatic rings. The van der Waals surface area contributed by atoms with E-state index >= 15 is 4.39 Å².